The second kappa shape index (κ2) is 27.6. The van der Waals surface area contributed by atoms with Gasteiger partial charge in [0.2, 0.25) is 5.79 Å². The average molecular weight is 1020 g/mol. The van der Waals surface area contributed by atoms with Crippen molar-refractivity contribution in [1.82, 2.24) is 4.90 Å². The summed E-state index contributed by atoms with van der Waals surface area (Å²) in [4.78, 5) is 45.6. The molecule has 0 spiro atoms. The quantitative estimate of drug-likeness (QED) is 0.0146. The maximum absolute atomic E-state index is 14.8. The van der Waals surface area contributed by atoms with Gasteiger partial charge in [-0.15, -0.1) is 6.58 Å². The molecule has 18 heteroatoms. The van der Waals surface area contributed by atoms with Gasteiger partial charge in [0, 0.05) is 49.8 Å². The van der Waals surface area contributed by atoms with Gasteiger partial charge in [0.05, 0.1) is 68.9 Å². The molecule has 2 aliphatic carbocycles. The lowest BCUT2D eigenvalue weighted by molar-refractivity contribution is -0.384. The number of fused-ring (bicyclic) bond motifs is 2. The normalized spacial score (nSPS) is 21.1. The number of aldehydes is 1. The molecule has 74 heavy (non-hydrogen) atoms. The highest BCUT2D eigenvalue weighted by molar-refractivity contribution is 6.03. The lowest BCUT2D eigenvalue weighted by Gasteiger charge is -2.59. The van der Waals surface area contributed by atoms with Crippen molar-refractivity contribution in [3.8, 4) is 23.0 Å². The summed E-state index contributed by atoms with van der Waals surface area (Å²) in [5, 5.41) is 46.1. The summed E-state index contributed by atoms with van der Waals surface area (Å²) in [6.07, 6.45) is 7.80. The van der Waals surface area contributed by atoms with Gasteiger partial charge in [0.15, 0.2) is 6.29 Å². The van der Waals surface area contributed by atoms with Crippen molar-refractivity contribution in [3.05, 3.63) is 148 Å². The minimum absolute atomic E-state index is 0.00346. The number of hydrogen-bond acceptors (Lipinski definition) is 16. The first-order valence-corrected chi connectivity index (χ1v) is 25.2. The molecule has 1 heterocycles. The predicted molar refractivity (Wildman–Crippen MR) is 273 cm³/mol. The number of amides is 1. The highest BCUT2D eigenvalue weighted by Crippen LogP contribution is 2.62. The van der Waals surface area contributed by atoms with Crippen LogP contribution >= 0.6 is 0 Å². The van der Waals surface area contributed by atoms with E-state index in [1.54, 1.807) is 42.5 Å². The van der Waals surface area contributed by atoms with Crippen LogP contribution in [-0.2, 0) is 37.0 Å². The maximum atomic E-state index is 14.8. The number of oxime groups is 1. The highest BCUT2D eigenvalue weighted by atomic mass is 16.7. The van der Waals surface area contributed by atoms with E-state index in [4.69, 9.17) is 43.2 Å². The topological polar surface area (TPSA) is 227 Å². The van der Waals surface area contributed by atoms with Crippen LogP contribution in [0.2, 0.25) is 0 Å². The molecule has 0 saturated heterocycles. The minimum atomic E-state index is -1.64. The molecule has 3 N–H and O–H groups in total. The van der Waals surface area contributed by atoms with Crippen molar-refractivity contribution in [2.75, 3.05) is 66.5 Å². The lowest BCUT2D eigenvalue weighted by Crippen LogP contribution is -2.70. The number of non-ortho nitro benzene ring substituents is 1. The van der Waals surface area contributed by atoms with Crippen molar-refractivity contribution in [2.45, 2.75) is 75.9 Å². The summed E-state index contributed by atoms with van der Waals surface area (Å²) in [6, 6.07) is 25.2. The molecule has 4 aromatic rings. The van der Waals surface area contributed by atoms with Crippen LogP contribution in [-0.4, -0.2) is 122 Å². The number of nitrogens with zero attached hydrogens (tertiary/aromatic N) is 3. The number of benzene rings is 4. The molecule has 18 nitrogen and oxygen atoms in total. The Kier molecular flexibility index (Phi) is 20.5. The van der Waals surface area contributed by atoms with Crippen LogP contribution in [0.4, 0.5) is 10.5 Å². The first kappa shape index (κ1) is 55.1. The number of rotatable bonds is 30. The highest BCUT2D eigenvalue weighted by Gasteiger charge is 2.65. The van der Waals surface area contributed by atoms with Crippen LogP contribution in [0.5, 0.6) is 23.0 Å². The molecule has 3 aliphatic rings. The molecule has 6 atom stereocenters. The first-order chi connectivity index (χ1) is 36.2. The zero-order chi connectivity index (χ0) is 52.3. The number of aliphatic hydroxyl groups is 3. The van der Waals surface area contributed by atoms with Crippen molar-refractivity contribution in [3.63, 3.8) is 0 Å². The van der Waals surface area contributed by atoms with E-state index < -0.39 is 34.7 Å². The van der Waals surface area contributed by atoms with E-state index in [1.165, 1.54) is 24.1 Å². The fourth-order valence-corrected chi connectivity index (χ4v) is 10.4. The van der Waals surface area contributed by atoms with Crippen LogP contribution in [0.1, 0.15) is 77.9 Å². The zero-order valence-corrected chi connectivity index (χ0v) is 41.8. The minimum Gasteiger partial charge on any atom is -0.496 e. The molecule has 396 valence electrons. The Morgan fingerprint density at radius 1 is 0.878 bits per heavy atom. The number of nitro groups is 1. The van der Waals surface area contributed by atoms with Crippen molar-refractivity contribution in [1.29, 1.82) is 0 Å². The van der Waals surface area contributed by atoms with Crippen LogP contribution in [0.15, 0.2) is 120 Å². The monoisotopic (exact) mass is 1020 g/mol. The Hall–Kier alpha value is -6.67. The van der Waals surface area contributed by atoms with Gasteiger partial charge in [-0.1, -0.05) is 60.5 Å². The predicted octanol–water partition coefficient (Wildman–Crippen LogP) is 8.71. The number of carbonyl (C=O) groups is 2. The fourth-order valence-electron chi connectivity index (χ4n) is 10.4. The van der Waals surface area contributed by atoms with E-state index in [9.17, 15) is 35.0 Å². The second-order valence-electron chi connectivity index (χ2n) is 18.3. The Morgan fingerprint density at radius 2 is 1.62 bits per heavy atom. The van der Waals surface area contributed by atoms with Gasteiger partial charge in [-0.2, -0.15) is 0 Å². The van der Waals surface area contributed by atoms with Crippen molar-refractivity contribution in [2.24, 2.45) is 22.9 Å². The number of hydrogen-bond donors (Lipinski definition) is 3. The number of nitro benzene ring substituents is 1. The second-order valence-corrected chi connectivity index (χ2v) is 18.3. The summed E-state index contributed by atoms with van der Waals surface area (Å²) in [5.41, 5.74) is 3.92. The van der Waals surface area contributed by atoms with Crippen LogP contribution in [0, 0.1) is 27.9 Å². The molecule has 6 unspecified atom stereocenters. The standard InChI is InChI=1S/C56H67N3O15/c1-3-27-71-56-52(58(23-28-68-29-26-62)55(64)70-31-30-69-37-39-11-5-4-6-12-39)35-49(57-72-38-40-15-17-43(18-16-40)59(65)66)47-33-41(13-7-9-24-60)46(14-8-10-25-61)53(54(47)56)48-34-45(20-22-51(48)74-56)73-44-19-21-50(67-2)42(32-44)36-63/h3-6,11-12,15-22,32-34,36,41,46,52-54,60-62H,1,7-10,13-14,23-31,35,37-38H2,2H3. The van der Waals surface area contributed by atoms with E-state index in [0.29, 0.717) is 91.3 Å². The SMILES string of the molecule is C=CCOC12Oc3ccc(Oc4ccc(OC)c(C=O)c4)cc3C3C(CCCCO)C(CCCCO)C=C(C(=NOCc4ccc([N+](=O)[O-])cc4)CC1N(CCOCCO)C(=O)OCCOCc1ccccc1)C32. The zero-order valence-electron chi connectivity index (χ0n) is 41.8. The summed E-state index contributed by atoms with van der Waals surface area (Å²) in [6.45, 7) is 4.14. The average Bonchev–Trinajstić information content (AvgIpc) is 3.43. The lowest BCUT2D eigenvalue weighted by atomic mass is 9.55. The van der Waals surface area contributed by atoms with E-state index in [2.05, 4.69) is 12.7 Å². The van der Waals surface area contributed by atoms with E-state index in [0.717, 1.165) is 16.7 Å². The molecule has 1 saturated carbocycles. The Labute approximate surface area is 431 Å². The van der Waals surface area contributed by atoms with Gasteiger partial charge in [-0.05, 0) is 103 Å². The first-order valence-electron chi connectivity index (χ1n) is 25.2. The van der Waals surface area contributed by atoms with Crippen molar-refractivity contribution < 1.29 is 67.8 Å². The number of aliphatic hydroxyl groups excluding tert-OH is 3. The Bertz CT molecular complexity index is 2540. The molecule has 0 aromatic heterocycles. The molecular formula is C56H67N3O15. The molecule has 7 rings (SSSR count). The molecule has 1 aliphatic heterocycles. The maximum Gasteiger partial charge on any atom is 0.410 e. The fraction of sp³-hybridized carbons (Fsp3) is 0.446. The Morgan fingerprint density at radius 3 is 2.34 bits per heavy atom. The van der Waals surface area contributed by atoms with Gasteiger partial charge >= 0.3 is 6.09 Å². The number of unbranched alkanes of at least 4 members (excludes halogenated alkanes) is 2. The molecule has 4 aromatic carbocycles. The summed E-state index contributed by atoms with van der Waals surface area (Å²) < 4.78 is 44.0. The smallest absolute Gasteiger partial charge is 0.410 e. The van der Waals surface area contributed by atoms with E-state index in [1.807, 2.05) is 42.5 Å². The largest absolute Gasteiger partial charge is 0.496 e. The van der Waals surface area contributed by atoms with Crippen LogP contribution in [0.3, 0.4) is 0 Å². The third-order valence-electron chi connectivity index (χ3n) is 13.6. The summed E-state index contributed by atoms with van der Waals surface area (Å²) in [5.74, 6) is -1.20. The number of carbonyl (C=O) groups excluding carboxylic acids is 2. The van der Waals surface area contributed by atoms with Crippen molar-refractivity contribution >= 4 is 23.8 Å². The van der Waals surface area contributed by atoms with E-state index >= 15 is 0 Å². The van der Waals surface area contributed by atoms with Gasteiger partial charge in [-0.25, -0.2) is 4.79 Å². The molecular weight excluding hydrogens is 955 g/mol. The summed E-state index contributed by atoms with van der Waals surface area (Å²) >= 11 is 0. The molecule has 0 bridgehead atoms. The molecule has 0 radical (unpaired) electrons. The molecule has 1 fully saturated rings. The number of ether oxygens (including phenoxy) is 7. The Balaban J connectivity index is 1.38. The summed E-state index contributed by atoms with van der Waals surface area (Å²) in [7, 11) is 1.49. The third-order valence-corrected chi connectivity index (χ3v) is 13.6. The number of allylic oxidation sites excluding steroid dienone is 1. The van der Waals surface area contributed by atoms with Crippen LogP contribution < -0.4 is 14.2 Å². The van der Waals surface area contributed by atoms with Gasteiger partial charge < -0.3 is 53.3 Å². The van der Waals surface area contributed by atoms with Gasteiger partial charge in [-0.3, -0.25) is 19.8 Å². The molecule has 1 amide bonds. The van der Waals surface area contributed by atoms with E-state index in [-0.39, 0.29) is 90.0 Å². The van der Waals surface area contributed by atoms with Gasteiger partial charge in [0.25, 0.3) is 5.69 Å². The van der Waals surface area contributed by atoms with Crippen LogP contribution in [0.25, 0.3) is 0 Å². The number of methoxy groups -OCH3 is 1. The van der Waals surface area contributed by atoms with Gasteiger partial charge in [0.1, 0.15) is 42.3 Å². The third kappa shape index (κ3) is 13.5.